The Bertz CT molecular complexity index is 278. The summed E-state index contributed by atoms with van der Waals surface area (Å²) in [6.45, 7) is 6.47. The van der Waals surface area contributed by atoms with Crippen molar-refractivity contribution in [1.82, 2.24) is 9.97 Å². The van der Waals surface area contributed by atoms with E-state index in [1.165, 1.54) is 6.33 Å². The first-order valence-corrected chi connectivity index (χ1v) is 4.42. The molecule has 1 rings (SSSR count). The van der Waals surface area contributed by atoms with Gasteiger partial charge in [-0.1, -0.05) is 20.8 Å². The highest BCUT2D eigenvalue weighted by molar-refractivity contribution is 5.08. The molecule has 13 heavy (non-hydrogen) atoms. The van der Waals surface area contributed by atoms with Crippen molar-refractivity contribution in [1.29, 1.82) is 0 Å². The van der Waals surface area contributed by atoms with Crippen LogP contribution >= 0.6 is 0 Å². The van der Waals surface area contributed by atoms with Gasteiger partial charge in [0.05, 0.1) is 12.3 Å². The first-order valence-electron chi connectivity index (χ1n) is 4.42. The second kappa shape index (κ2) is 3.83. The summed E-state index contributed by atoms with van der Waals surface area (Å²) < 4.78 is 0. The molecule has 0 spiro atoms. The van der Waals surface area contributed by atoms with Gasteiger partial charge in [0.2, 0.25) is 0 Å². The van der Waals surface area contributed by atoms with Gasteiger partial charge in [0.15, 0.2) is 0 Å². The van der Waals surface area contributed by atoms with Crippen LogP contribution in [-0.4, -0.2) is 15.1 Å². The second-order valence-corrected chi connectivity index (χ2v) is 4.40. The molecule has 0 radical (unpaired) electrons. The summed E-state index contributed by atoms with van der Waals surface area (Å²) in [4.78, 5) is 8.08. The SMILES string of the molecule is CC(C)(C)Cc1cc(CO)ncn1. The van der Waals surface area contributed by atoms with Gasteiger partial charge in [-0.25, -0.2) is 9.97 Å². The van der Waals surface area contributed by atoms with Gasteiger partial charge in [-0.2, -0.15) is 0 Å². The first-order chi connectivity index (χ1) is 6.01. The summed E-state index contributed by atoms with van der Waals surface area (Å²) in [5.41, 5.74) is 1.90. The molecular weight excluding hydrogens is 164 g/mol. The normalized spacial score (nSPS) is 11.7. The second-order valence-electron chi connectivity index (χ2n) is 4.40. The minimum absolute atomic E-state index is 0.0142. The summed E-state index contributed by atoms with van der Waals surface area (Å²) in [5, 5.41) is 8.87. The molecule has 1 heterocycles. The molecule has 3 nitrogen and oxygen atoms in total. The van der Waals surface area contributed by atoms with E-state index >= 15 is 0 Å². The van der Waals surface area contributed by atoms with Crippen LogP contribution in [-0.2, 0) is 13.0 Å². The van der Waals surface area contributed by atoms with E-state index in [0.717, 1.165) is 12.1 Å². The molecule has 1 N–H and O–H groups in total. The lowest BCUT2D eigenvalue weighted by atomic mass is 9.90. The Morgan fingerprint density at radius 3 is 2.38 bits per heavy atom. The van der Waals surface area contributed by atoms with Crippen molar-refractivity contribution in [3.8, 4) is 0 Å². The number of aromatic nitrogens is 2. The maximum atomic E-state index is 8.87. The van der Waals surface area contributed by atoms with Crippen LogP contribution in [0.25, 0.3) is 0 Å². The van der Waals surface area contributed by atoms with Crippen molar-refractivity contribution < 1.29 is 5.11 Å². The average Bonchev–Trinajstić information content (AvgIpc) is 2.01. The fourth-order valence-electron chi connectivity index (χ4n) is 1.17. The largest absolute Gasteiger partial charge is 0.390 e. The van der Waals surface area contributed by atoms with E-state index in [-0.39, 0.29) is 12.0 Å². The Labute approximate surface area is 78.9 Å². The van der Waals surface area contributed by atoms with Gasteiger partial charge in [0, 0.05) is 5.69 Å². The molecule has 3 heteroatoms. The number of nitrogens with zero attached hydrogens (tertiary/aromatic N) is 2. The molecule has 0 amide bonds. The molecule has 0 unspecified atom stereocenters. The van der Waals surface area contributed by atoms with Crippen molar-refractivity contribution in [3.05, 3.63) is 23.8 Å². The molecule has 0 atom stereocenters. The van der Waals surface area contributed by atoms with Crippen molar-refractivity contribution >= 4 is 0 Å². The highest BCUT2D eigenvalue weighted by Crippen LogP contribution is 2.18. The molecule has 0 aromatic carbocycles. The molecule has 1 aromatic heterocycles. The molecule has 0 bridgehead atoms. The zero-order valence-corrected chi connectivity index (χ0v) is 8.41. The highest BCUT2D eigenvalue weighted by atomic mass is 16.3. The average molecular weight is 180 g/mol. The summed E-state index contributed by atoms with van der Waals surface area (Å²) in [6, 6.07) is 1.85. The third-order valence-electron chi connectivity index (χ3n) is 1.65. The van der Waals surface area contributed by atoms with Crippen LogP contribution in [0.3, 0.4) is 0 Å². The van der Waals surface area contributed by atoms with Gasteiger partial charge in [-0.15, -0.1) is 0 Å². The number of rotatable bonds is 2. The Kier molecular flexibility index (Phi) is 2.98. The van der Waals surface area contributed by atoms with Crippen molar-refractivity contribution in [2.45, 2.75) is 33.8 Å². The smallest absolute Gasteiger partial charge is 0.116 e. The molecule has 0 aliphatic carbocycles. The lowest BCUT2D eigenvalue weighted by molar-refractivity contribution is 0.276. The third kappa shape index (κ3) is 3.51. The van der Waals surface area contributed by atoms with Gasteiger partial charge >= 0.3 is 0 Å². The van der Waals surface area contributed by atoms with E-state index in [0.29, 0.717) is 5.69 Å². The molecule has 0 saturated heterocycles. The fraction of sp³-hybridized carbons (Fsp3) is 0.600. The lowest BCUT2D eigenvalue weighted by Gasteiger charge is -2.17. The van der Waals surface area contributed by atoms with Gasteiger partial charge in [0.1, 0.15) is 6.33 Å². The maximum Gasteiger partial charge on any atom is 0.116 e. The minimum atomic E-state index is -0.0142. The third-order valence-corrected chi connectivity index (χ3v) is 1.65. The molecule has 0 saturated carbocycles. The van der Waals surface area contributed by atoms with Crippen LogP contribution in [0.15, 0.2) is 12.4 Å². The van der Waals surface area contributed by atoms with E-state index in [4.69, 9.17) is 5.11 Å². The summed E-state index contributed by atoms with van der Waals surface area (Å²) >= 11 is 0. The summed E-state index contributed by atoms with van der Waals surface area (Å²) in [5.74, 6) is 0. The van der Waals surface area contributed by atoms with Crippen LogP contribution < -0.4 is 0 Å². The maximum absolute atomic E-state index is 8.87. The summed E-state index contributed by atoms with van der Waals surface area (Å²) in [7, 11) is 0. The molecule has 72 valence electrons. The lowest BCUT2D eigenvalue weighted by Crippen LogP contribution is -2.11. The first kappa shape index (κ1) is 10.1. The number of hydrogen-bond donors (Lipinski definition) is 1. The Morgan fingerprint density at radius 1 is 1.23 bits per heavy atom. The van der Waals surface area contributed by atoms with Crippen LogP contribution in [0.2, 0.25) is 0 Å². The molecular formula is C10H16N2O. The van der Waals surface area contributed by atoms with E-state index in [1.807, 2.05) is 6.07 Å². The van der Waals surface area contributed by atoms with Crippen molar-refractivity contribution in [2.75, 3.05) is 0 Å². The van der Waals surface area contributed by atoms with Gasteiger partial charge < -0.3 is 5.11 Å². The number of aliphatic hydroxyl groups is 1. The van der Waals surface area contributed by atoms with Gasteiger partial charge in [-0.3, -0.25) is 0 Å². The van der Waals surface area contributed by atoms with E-state index < -0.39 is 0 Å². The Hall–Kier alpha value is -0.960. The monoisotopic (exact) mass is 180 g/mol. The topological polar surface area (TPSA) is 46.0 Å². The molecule has 0 aliphatic heterocycles. The van der Waals surface area contributed by atoms with E-state index in [1.54, 1.807) is 0 Å². The summed E-state index contributed by atoms with van der Waals surface area (Å²) in [6.07, 6.45) is 2.41. The van der Waals surface area contributed by atoms with Crippen LogP contribution in [0.5, 0.6) is 0 Å². The molecule has 1 aromatic rings. The predicted molar refractivity (Wildman–Crippen MR) is 51.1 cm³/mol. The zero-order valence-electron chi connectivity index (χ0n) is 8.41. The van der Waals surface area contributed by atoms with Crippen LogP contribution in [0, 0.1) is 5.41 Å². The van der Waals surface area contributed by atoms with Crippen molar-refractivity contribution in [3.63, 3.8) is 0 Å². The predicted octanol–water partition coefficient (Wildman–Crippen LogP) is 1.56. The number of hydrogen-bond acceptors (Lipinski definition) is 3. The van der Waals surface area contributed by atoms with Gasteiger partial charge in [0.25, 0.3) is 0 Å². The zero-order chi connectivity index (χ0) is 9.90. The highest BCUT2D eigenvalue weighted by Gasteiger charge is 2.12. The van der Waals surface area contributed by atoms with Crippen LogP contribution in [0.4, 0.5) is 0 Å². The fourth-order valence-corrected chi connectivity index (χ4v) is 1.17. The standard InChI is InChI=1S/C10H16N2O/c1-10(2,3)5-8-4-9(6-13)12-7-11-8/h4,7,13H,5-6H2,1-3H3. The van der Waals surface area contributed by atoms with Crippen molar-refractivity contribution in [2.24, 2.45) is 5.41 Å². The molecule has 0 aliphatic rings. The van der Waals surface area contributed by atoms with Crippen LogP contribution in [0.1, 0.15) is 32.2 Å². The van der Waals surface area contributed by atoms with E-state index in [2.05, 4.69) is 30.7 Å². The molecule has 0 fully saturated rings. The minimum Gasteiger partial charge on any atom is -0.390 e. The number of aliphatic hydroxyl groups excluding tert-OH is 1. The Morgan fingerprint density at radius 2 is 1.85 bits per heavy atom. The Balaban J connectivity index is 2.78. The van der Waals surface area contributed by atoms with E-state index in [9.17, 15) is 0 Å². The van der Waals surface area contributed by atoms with Gasteiger partial charge in [-0.05, 0) is 17.9 Å². The quantitative estimate of drug-likeness (QED) is 0.751.